The van der Waals surface area contributed by atoms with Gasteiger partial charge in [0.05, 0.1) is 0 Å². The van der Waals surface area contributed by atoms with Gasteiger partial charge in [-0.15, -0.1) is 0 Å². The predicted octanol–water partition coefficient (Wildman–Crippen LogP) is 1.02. The summed E-state index contributed by atoms with van der Waals surface area (Å²) in [5, 5.41) is 11.7. The summed E-state index contributed by atoms with van der Waals surface area (Å²) in [5.41, 5.74) is 6.70. The van der Waals surface area contributed by atoms with Crippen LogP contribution in [0.5, 0.6) is 0 Å². The molecule has 2 aromatic heterocycles. The molecule has 0 fully saturated rings. The Morgan fingerprint density at radius 2 is 2.26 bits per heavy atom. The molecule has 0 unspecified atom stereocenters. The highest BCUT2D eigenvalue weighted by molar-refractivity contribution is 5.95. The molecular formula is C12H16N6O. The zero-order valence-corrected chi connectivity index (χ0v) is 10.9. The number of oxime groups is 1. The van der Waals surface area contributed by atoms with Gasteiger partial charge >= 0.3 is 0 Å². The van der Waals surface area contributed by atoms with Crippen molar-refractivity contribution in [3.63, 3.8) is 0 Å². The summed E-state index contributed by atoms with van der Waals surface area (Å²) < 4.78 is 1.81. The minimum Gasteiger partial charge on any atom is -0.409 e. The maximum atomic E-state index is 8.72. The van der Waals surface area contributed by atoms with Gasteiger partial charge in [0.1, 0.15) is 11.5 Å². The number of imidazole rings is 1. The van der Waals surface area contributed by atoms with E-state index in [1.165, 1.54) is 0 Å². The number of aryl methyl sites for hydroxylation is 2. The monoisotopic (exact) mass is 260 g/mol. The largest absolute Gasteiger partial charge is 0.409 e. The topological polar surface area (TPSA) is 102 Å². The molecule has 100 valence electrons. The molecule has 0 aliphatic rings. The number of aromatic nitrogens is 4. The van der Waals surface area contributed by atoms with Crippen LogP contribution in [0.25, 0.3) is 5.95 Å². The van der Waals surface area contributed by atoms with Crippen LogP contribution in [0.4, 0.5) is 0 Å². The van der Waals surface area contributed by atoms with Gasteiger partial charge in [0.25, 0.3) is 0 Å². The average molecular weight is 260 g/mol. The second-order valence-corrected chi connectivity index (χ2v) is 4.14. The van der Waals surface area contributed by atoms with Crippen molar-refractivity contribution in [2.75, 3.05) is 0 Å². The lowest BCUT2D eigenvalue weighted by atomic mass is 10.3. The maximum Gasteiger partial charge on any atom is 0.236 e. The van der Waals surface area contributed by atoms with Crippen molar-refractivity contribution in [2.45, 2.75) is 26.7 Å². The van der Waals surface area contributed by atoms with Gasteiger partial charge in [-0.3, -0.25) is 4.57 Å². The highest BCUT2D eigenvalue weighted by Gasteiger charge is 2.10. The smallest absolute Gasteiger partial charge is 0.236 e. The zero-order valence-electron chi connectivity index (χ0n) is 10.9. The van der Waals surface area contributed by atoms with E-state index in [1.807, 2.05) is 11.5 Å². The molecule has 0 saturated heterocycles. The third-order valence-electron chi connectivity index (χ3n) is 2.62. The molecule has 3 N–H and O–H groups in total. The number of amidine groups is 1. The average Bonchev–Trinajstić information content (AvgIpc) is 2.86. The Kier molecular flexibility index (Phi) is 3.74. The molecule has 2 aromatic rings. The van der Waals surface area contributed by atoms with Crippen molar-refractivity contribution in [1.82, 2.24) is 19.5 Å². The van der Waals surface area contributed by atoms with E-state index in [-0.39, 0.29) is 5.84 Å². The number of rotatable bonds is 4. The Balaban J connectivity index is 2.50. The molecule has 2 heterocycles. The van der Waals surface area contributed by atoms with Gasteiger partial charge in [0.15, 0.2) is 5.84 Å². The van der Waals surface area contributed by atoms with E-state index in [9.17, 15) is 0 Å². The second kappa shape index (κ2) is 5.47. The number of nitrogens with zero attached hydrogens (tertiary/aromatic N) is 5. The molecular weight excluding hydrogens is 244 g/mol. The number of nitrogens with two attached hydrogens (primary N) is 1. The van der Waals surface area contributed by atoms with Gasteiger partial charge in [-0.25, -0.2) is 15.0 Å². The summed E-state index contributed by atoms with van der Waals surface area (Å²) >= 11 is 0. The molecule has 2 rings (SSSR count). The van der Waals surface area contributed by atoms with Gasteiger partial charge in [0, 0.05) is 24.5 Å². The van der Waals surface area contributed by atoms with E-state index >= 15 is 0 Å². The summed E-state index contributed by atoms with van der Waals surface area (Å²) in [5.74, 6) is 1.32. The lowest BCUT2D eigenvalue weighted by Crippen LogP contribution is -2.18. The summed E-state index contributed by atoms with van der Waals surface area (Å²) in [6.45, 7) is 3.91. The normalized spacial score (nSPS) is 11.8. The minimum atomic E-state index is -0.0380. The molecule has 0 radical (unpaired) electrons. The van der Waals surface area contributed by atoms with Crippen LogP contribution in [-0.2, 0) is 6.42 Å². The number of hydrogen-bond donors (Lipinski definition) is 2. The molecule has 0 aromatic carbocycles. The van der Waals surface area contributed by atoms with Crippen LogP contribution >= 0.6 is 0 Å². The third-order valence-corrected chi connectivity index (χ3v) is 2.62. The van der Waals surface area contributed by atoms with E-state index in [0.29, 0.717) is 11.6 Å². The van der Waals surface area contributed by atoms with E-state index in [4.69, 9.17) is 10.9 Å². The molecule has 7 heteroatoms. The van der Waals surface area contributed by atoms with Crippen molar-refractivity contribution >= 4 is 5.84 Å². The lowest BCUT2D eigenvalue weighted by molar-refractivity contribution is 0.318. The van der Waals surface area contributed by atoms with Gasteiger partial charge in [-0.1, -0.05) is 12.1 Å². The van der Waals surface area contributed by atoms with E-state index in [2.05, 4.69) is 27.0 Å². The molecule has 0 saturated carbocycles. The van der Waals surface area contributed by atoms with Crippen LogP contribution in [-0.4, -0.2) is 30.6 Å². The Labute approximate surface area is 110 Å². The van der Waals surface area contributed by atoms with Crippen LogP contribution in [0.15, 0.2) is 23.6 Å². The first-order valence-electron chi connectivity index (χ1n) is 6.02. The van der Waals surface area contributed by atoms with Crippen molar-refractivity contribution in [3.8, 4) is 5.95 Å². The quantitative estimate of drug-likeness (QED) is 0.370. The maximum absolute atomic E-state index is 8.72. The fourth-order valence-electron chi connectivity index (χ4n) is 1.77. The van der Waals surface area contributed by atoms with Crippen LogP contribution in [0.3, 0.4) is 0 Å². The Hall–Kier alpha value is -2.44. The SMILES string of the molecule is CCCc1nccn1-c1nc(C)cc(/C(N)=N/O)n1. The molecule has 0 aliphatic carbocycles. The van der Waals surface area contributed by atoms with Crippen LogP contribution in [0.2, 0.25) is 0 Å². The molecule has 7 nitrogen and oxygen atoms in total. The van der Waals surface area contributed by atoms with Crippen molar-refractivity contribution in [3.05, 3.63) is 35.7 Å². The molecule has 0 aliphatic heterocycles. The van der Waals surface area contributed by atoms with E-state index < -0.39 is 0 Å². The van der Waals surface area contributed by atoms with Gasteiger partial charge in [-0.05, 0) is 19.4 Å². The van der Waals surface area contributed by atoms with Crippen molar-refractivity contribution < 1.29 is 5.21 Å². The molecule has 0 spiro atoms. The van der Waals surface area contributed by atoms with Gasteiger partial charge in [0.2, 0.25) is 5.95 Å². The fraction of sp³-hybridized carbons (Fsp3) is 0.333. The third kappa shape index (κ3) is 2.70. The molecule has 0 bridgehead atoms. The minimum absolute atomic E-state index is 0.0380. The highest BCUT2D eigenvalue weighted by atomic mass is 16.4. The Morgan fingerprint density at radius 1 is 1.47 bits per heavy atom. The van der Waals surface area contributed by atoms with E-state index in [1.54, 1.807) is 18.5 Å². The van der Waals surface area contributed by atoms with Crippen molar-refractivity contribution in [2.24, 2.45) is 10.9 Å². The fourth-order valence-corrected chi connectivity index (χ4v) is 1.77. The van der Waals surface area contributed by atoms with Crippen LogP contribution < -0.4 is 5.73 Å². The first kappa shape index (κ1) is 13.0. The summed E-state index contributed by atoms with van der Waals surface area (Å²) in [6, 6.07) is 1.66. The van der Waals surface area contributed by atoms with Crippen LogP contribution in [0, 0.1) is 6.92 Å². The molecule has 0 amide bonds. The van der Waals surface area contributed by atoms with Crippen LogP contribution in [0.1, 0.15) is 30.6 Å². The van der Waals surface area contributed by atoms with E-state index in [0.717, 1.165) is 24.4 Å². The predicted molar refractivity (Wildman–Crippen MR) is 70.4 cm³/mol. The molecule has 0 atom stereocenters. The number of hydrogen-bond acceptors (Lipinski definition) is 5. The van der Waals surface area contributed by atoms with Crippen molar-refractivity contribution in [1.29, 1.82) is 0 Å². The van der Waals surface area contributed by atoms with Gasteiger partial charge in [-0.2, -0.15) is 0 Å². The first-order valence-corrected chi connectivity index (χ1v) is 6.02. The molecule has 19 heavy (non-hydrogen) atoms. The Morgan fingerprint density at radius 3 is 2.95 bits per heavy atom. The standard InChI is InChI=1S/C12H16N6O/c1-3-4-10-14-5-6-18(10)12-15-8(2)7-9(16-12)11(13)17-19/h5-7,19H,3-4H2,1-2H3,(H2,13,17). The summed E-state index contributed by atoms with van der Waals surface area (Å²) in [7, 11) is 0. The highest BCUT2D eigenvalue weighted by Crippen LogP contribution is 2.10. The first-order chi connectivity index (χ1) is 9.15. The summed E-state index contributed by atoms with van der Waals surface area (Å²) in [4.78, 5) is 12.9. The second-order valence-electron chi connectivity index (χ2n) is 4.14. The summed E-state index contributed by atoms with van der Waals surface area (Å²) in [6.07, 6.45) is 5.33. The van der Waals surface area contributed by atoms with Gasteiger partial charge < -0.3 is 10.9 Å². The lowest BCUT2D eigenvalue weighted by Gasteiger charge is -2.08. The zero-order chi connectivity index (χ0) is 13.8. The Bertz CT molecular complexity index is 604.